The maximum Gasteiger partial charge on any atom is 0.235 e. The summed E-state index contributed by atoms with van der Waals surface area (Å²) >= 11 is 0. The maximum atomic E-state index is 5.71. The molecule has 0 radical (unpaired) electrons. The van der Waals surface area contributed by atoms with Crippen molar-refractivity contribution in [3.05, 3.63) is 208 Å². The van der Waals surface area contributed by atoms with Crippen LogP contribution < -0.4 is 0 Å². The van der Waals surface area contributed by atoms with Crippen LogP contribution in [0, 0.1) is 0 Å². The fourth-order valence-electron chi connectivity index (χ4n) is 12.2. The van der Waals surface area contributed by atoms with Crippen LogP contribution >= 0.6 is 0 Å². The summed E-state index contributed by atoms with van der Waals surface area (Å²) in [5.41, 5.74) is 23.4. The summed E-state index contributed by atoms with van der Waals surface area (Å²) in [4.78, 5) is 11.3. The van der Waals surface area contributed by atoms with Crippen molar-refractivity contribution < 1.29 is 0 Å². The molecule has 0 bridgehead atoms. The molecule has 7 aromatic carbocycles. The molecule has 0 atom stereocenters. The molecule has 5 aliphatic rings. The van der Waals surface area contributed by atoms with Crippen molar-refractivity contribution in [2.45, 2.75) is 43.9 Å². The van der Waals surface area contributed by atoms with Gasteiger partial charge in [-0.3, -0.25) is 4.57 Å². The minimum atomic E-state index is -0.465. The van der Waals surface area contributed by atoms with Crippen LogP contribution in [0.2, 0.25) is 0 Å². The molecule has 3 heteroatoms. The lowest BCUT2D eigenvalue weighted by Gasteiger charge is -2.32. The number of hydrogen-bond donors (Lipinski definition) is 0. The Morgan fingerprint density at radius 3 is 2.17 bits per heavy atom. The van der Waals surface area contributed by atoms with Gasteiger partial charge in [0.15, 0.2) is 0 Å². The third-order valence-corrected chi connectivity index (χ3v) is 14.5. The van der Waals surface area contributed by atoms with E-state index in [1.165, 1.54) is 99.7 Å². The van der Waals surface area contributed by atoms with E-state index in [1.54, 1.807) is 0 Å². The molecule has 0 aliphatic heterocycles. The van der Waals surface area contributed by atoms with E-state index in [2.05, 4.69) is 168 Å². The lowest BCUT2D eigenvalue weighted by atomic mass is 9.68. The first-order valence-electron chi connectivity index (χ1n) is 21.7. The molecule has 14 rings (SSSR count). The standard InChI is InChI=1S/C57H39N3/c1-2-17-37(18-3-1)54-51-39-20-8-5-15-35(39)28-32-48(51)58-56(59-54)60-49-33-30-43-50-38-19-7-4-14-34(38)27-31-47(50)57(45-24-12-10-22-41(45)42-23-11-13-25-46(42)57)53(43)52(49)44-29-26-36-16-6-9-21-40(36)55(44)60/h1-6,8,10-18,20,22-25,27-28,30-33H,7,9,19,21,26,29H2. The van der Waals surface area contributed by atoms with Crippen molar-refractivity contribution in [1.29, 1.82) is 0 Å². The fraction of sp³-hybridized carbons (Fsp3) is 0.123. The van der Waals surface area contributed by atoms with Crippen LogP contribution in [0.4, 0.5) is 0 Å². The number of benzene rings is 7. The van der Waals surface area contributed by atoms with Gasteiger partial charge < -0.3 is 0 Å². The Hall–Kier alpha value is -7.10. The summed E-state index contributed by atoms with van der Waals surface area (Å²) in [6.07, 6.45) is 15.6. The molecule has 0 saturated carbocycles. The molecule has 0 amide bonds. The normalized spacial score (nSPS) is 16.2. The summed E-state index contributed by atoms with van der Waals surface area (Å²) in [5.74, 6) is 0.741. The second kappa shape index (κ2) is 12.0. The molecule has 0 fully saturated rings. The number of aromatic nitrogens is 3. The van der Waals surface area contributed by atoms with E-state index in [0.29, 0.717) is 0 Å². The van der Waals surface area contributed by atoms with E-state index in [4.69, 9.17) is 9.97 Å². The van der Waals surface area contributed by atoms with Gasteiger partial charge in [-0.1, -0.05) is 152 Å². The summed E-state index contributed by atoms with van der Waals surface area (Å²) in [7, 11) is 0. The molecular weight excluding hydrogens is 727 g/mol. The van der Waals surface area contributed by atoms with Crippen molar-refractivity contribution in [1.82, 2.24) is 14.5 Å². The Kier molecular flexibility index (Phi) is 6.56. The Morgan fingerprint density at radius 2 is 1.30 bits per heavy atom. The minimum Gasteiger partial charge on any atom is -0.278 e. The Bertz CT molecular complexity index is 3440. The molecule has 60 heavy (non-hydrogen) atoms. The summed E-state index contributed by atoms with van der Waals surface area (Å²) in [6, 6.07) is 52.1. The van der Waals surface area contributed by atoms with Crippen molar-refractivity contribution in [3.63, 3.8) is 0 Å². The van der Waals surface area contributed by atoms with Gasteiger partial charge in [0.1, 0.15) is 0 Å². The van der Waals surface area contributed by atoms with Crippen molar-refractivity contribution in [2.75, 3.05) is 0 Å². The van der Waals surface area contributed by atoms with E-state index in [-0.39, 0.29) is 0 Å². The lowest BCUT2D eigenvalue weighted by molar-refractivity contribution is 0.797. The van der Waals surface area contributed by atoms with Gasteiger partial charge in [-0.25, -0.2) is 9.97 Å². The predicted molar refractivity (Wildman–Crippen MR) is 247 cm³/mol. The van der Waals surface area contributed by atoms with Crippen LogP contribution in [-0.2, 0) is 18.3 Å². The molecule has 2 aromatic heterocycles. The lowest BCUT2D eigenvalue weighted by Crippen LogP contribution is -2.26. The van der Waals surface area contributed by atoms with Gasteiger partial charge in [-0.2, -0.15) is 0 Å². The summed E-state index contributed by atoms with van der Waals surface area (Å²) in [5, 5.41) is 4.86. The van der Waals surface area contributed by atoms with E-state index < -0.39 is 5.41 Å². The van der Waals surface area contributed by atoms with Crippen LogP contribution in [0.1, 0.15) is 70.3 Å². The zero-order valence-electron chi connectivity index (χ0n) is 33.2. The van der Waals surface area contributed by atoms with E-state index in [1.807, 2.05) is 0 Å². The van der Waals surface area contributed by atoms with Gasteiger partial charge in [0.25, 0.3) is 0 Å². The highest BCUT2D eigenvalue weighted by atomic mass is 15.2. The molecule has 0 N–H and O–H groups in total. The highest BCUT2D eigenvalue weighted by Crippen LogP contribution is 2.66. The maximum absolute atomic E-state index is 5.71. The highest BCUT2D eigenvalue weighted by Gasteiger charge is 2.54. The van der Waals surface area contributed by atoms with E-state index >= 15 is 0 Å². The monoisotopic (exact) mass is 765 g/mol. The predicted octanol–water partition coefficient (Wildman–Crippen LogP) is 13.7. The Labute approximate surface area is 348 Å². The van der Waals surface area contributed by atoms with Crippen LogP contribution in [0.5, 0.6) is 0 Å². The first-order chi connectivity index (χ1) is 29.8. The molecule has 0 saturated heterocycles. The smallest absolute Gasteiger partial charge is 0.235 e. The van der Waals surface area contributed by atoms with Crippen molar-refractivity contribution in [2.24, 2.45) is 0 Å². The number of fused-ring (bicyclic) bond motifs is 20. The average Bonchev–Trinajstić information content (AvgIpc) is 3.93. The van der Waals surface area contributed by atoms with E-state index in [0.717, 1.165) is 66.6 Å². The van der Waals surface area contributed by atoms with Gasteiger partial charge in [-0.15, -0.1) is 0 Å². The van der Waals surface area contributed by atoms with Gasteiger partial charge in [0.05, 0.1) is 27.8 Å². The first kappa shape index (κ1) is 32.8. The number of rotatable bonds is 2. The van der Waals surface area contributed by atoms with Crippen molar-refractivity contribution >= 4 is 44.2 Å². The van der Waals surface area contributed by atoms with Crippen LogP contribution in [-0.4, -0.2) is 14.5 Å². The highest BCUT2D eigenvalue weighted by molar-refractivity contribution is 6.13. The topological polar surface area (TPSA) is 30.7 Å². The molecular formula is C57H39N3. The molecule has 1 spiro atoms. The summed E-state index contributed by atoms with van der Waals surface area (Å²) < 4.78 is 2.49. The zero-order valence-corrected chi connectivity index (χ0v) is 33.2. The number of hydrogen-bond acceptors (Lipinski definition) is 2. The van der Waals surface area contributed by atoms with Crippen LogP contribution in [0.15, 0.2) is 163 Å². The molecule has 5 aliphatic carbocycles. The minimum absolute atomic E-state index is 0.465. The number of aryl methyl sites for hydroxylation is 1. The second-order valence-corrected chi connectivity index (χ2v) is 17.2. The second-order valence-electron chi connectivity index (χ2n) is 17.2. The van der Waals surface area contributed by atoms with Gasteiger partial charge >= 0.3 is 0 Å². The Balaban J connectivity index is 1.17. The van der Waals surface area contributed by atoms with Crippen molar-refractivity contribution in [3.8, 4) is 39.5 Å². The zero-order chi connectivity index (χ0) is 39.1. The molecule has 0 unspecified atom stereocenters. The van der Waals surface area contributed by atoms with Crippen LogP contribution in [0.25, 0.3) is 83.7 Å². The quantitative estimate of drug-likeness (QED) is 0.164. The largest absolute Gasteiger partial charge is 0.278 e. The third-order valence-electron chi connectivity index (χ3n) is 14.5. The molecule has 282 valence electrons. The Morgan fingerprint density at radius 1 is 0.533 bits per heavy atom. The third kappa shape index (κ3) is 4.10. The van der Waals surface area contributed by atoms with E-state index in [9.17, 15) is 0 Å². The molecule has 2 heterocycles. The van der Waals surface area contributed by atoms with Gasteiger partial charge in [0.2, 0.25) is 5.95 Å². The SMILES string of the molecule is C1=CC2=C(CC1)c1c(c3c4c(ccc3n1-c1nc(-c3ccccc3)c3c(ccc5ccccc53)n1)-c1c(ccc3c1CCC=C3)C41c3ccccc3-c3ccccc31)CC2. The fourth-order valence-corrected chi connectivity index (χ4v) is 12.2. The van der Waals surface area contributed by atoms with Gasteiger partial charge in [0, 0.05) is 16.3 Å². The molecule has 3 nitrogen and oxygen atoms in total. The average molecular weight is 766 g/mol. The number of allylic oxidation sites excluding steroid dienone is 5. The molecule has 9 aromatic rings. The van der Waals surface area contributed by atoms with Crippen LogP contribution in [0.3, 0.4) is 0 Å². The summed E-state index contributed by atoms with van der Waals surface area (Å²) in [6.45, 7) is 0. The first-order valence-corrected chi connectivity index (χ1v) is 21.7. The number of nitrogens with zero attached hydrogens (tertiary/aromatic N) is 3. The van der Waals surface area contributed by atoms with Gasteiger partial charge in [-0.05, 0) is 134 Å².